The van der Waals surface area contributed by atoms with Crippen molar-refractivity contribution in [2.24, 2.45) is 4.99 Å². The number of aryl methyl sites for hydroxylation is 1. The van der Waals surface area contributed by atoms with E-state index in [0.717, 1.165) is 30.3 Å². The average molecular weight is 453 g/mol. The first-order valence-electron chi connectivity index (χ1n) is 9.74. The van der Waals surface area contributed by atoms with Gasteiger partial charge in [-0.05, 0) is 37.5 Å². The highest BCUT2D eigenvalue weighted by Gasteiger charge is 2.43. The van der Waals surface area contributed by atoms with E-state index < -0.39 is 10.0 Å². The molecule has 0 atom stereocenters. The molecule has 2 aromatic rings. The Morgan fingerprint density at radius 2 is 1.93 bits per heavy atom. The summed E-state index contributed by atoms with van der Waals surface area (Å²) in [7, 11) is -3.49. The maximum Gasteiger partial charge on any atom is 0.252 e. The van der Waals surface area contributed by atoms with E-state index >= 15 is 0 Å². The molecule has 1 aromatic heterocycles. The number of sulfonamides is 1. The monoisotopic (exact) mass is 452 g/mol. The van der Waals surface area contributed by atoms with Crippen molar-refractivity contribution in [2.45, 2.75) is 36.1 Å². The number of hydrogen-bond donors (Lipinski definition) is 2. The minimum Gasteiger partial charge on any atom is -0.368 e. The van der Waals surface area contributed by atoms with Crippen molar-refractivity contribution in [2.75, 3.05) is 26.2 Å². The van der Waals surface area contributed by atoms with Gasteiger partial charge in [0.05, 0.1) is 16.4 Å². The first-order chi connectivity index (χ1) is 13.9. The summed E-state index contributed by atoms with van der Waals surface area (Å²) in [6.07, 6.45) is 1.37. The van der Waals surface area contributed by atoms with Gasteiger partial charge in [-0.25, -0.2) is 8.42 Å². The quantitative estimate of drug-likeness (QED) is 0.747. The van der Waals surface area contributed by atoms with Crippen molar-refractivity contribution >= 4 is 38.8 Å². The minimum atomic E-state index is -3.49. The van der Waals surface area contributed by atoms with Gasteiger partial charge in [-0.3, -0.25) is 4.99 Å². The van der Waals surface area contributed by atoms with E-state index in [2.05, 4.69) is 41.8 Å². The van der Waals surface area contributed by atoms with Crippen LogP contribution in [0.3, 0.4) is 0 Å². The van der Waals surface area contributed by atoms with Gasteiger partial charge >= 0.3 is 0 Å². The molecule has 2 N–H and O–H groups in total. The van der Waals surface area contributed by atoms with E-state index in [4.69, 9.17) is 16.6 Å². The summed E-state index contributed by atoms with van der Waals surface area (Å²) < 4.78 is 28.2. The van der Waals surface area contributed by atoms with Gasteiger partial charge in [-0.15, -0.1) is 11.3 Å². The first kappa shape index (κ1) is 20.8. The number of halogens is 1. The Labute approximate surface area is 181 Å². The normalized spacial score (nSPS) is 19.9. The highest BCUT2D eigenvalue weighted by atomic mass is 35.5. The van der Waals surface area contributed by atoms with Crippen LogP contribution in [-0.4, -0.2) is 50.3 Å². The minimum absolute atomic E-state index is 0.290. The molecule has 6 nitrogen and oxygen atoms in total. The topological polar surface area (TPSA) is 73.8 Å². The van der Waals surface area contributed by atoms with Crippen LogP contribution in [0.15, 0.2) is 45.6 Å². The van der Waals surface area contributed by atoms with Crippen LogP contribution in [-0.2, 0) is 16.6 Å². The molecule has 9 heteroatoms. The predicted molar refractivity (Wildman–Crippen MR) is 118 cm³/mol. The SMILES string of the molecule is Cc1ccc(CNC2=NCCNC23CCN(S(=O)(=O)c2ccc(Cl)s2)CC3)cc1. The number of aliphatic imine (C=N–C) groups is 1. The van der Waals surface area contributed by atoms with Crippen molar-refractivity contribution in [3.05, 3.63) is 51.9 Å². The first-order valence-corrected chi connectivity index (χ1v) is 12.4. The van der Waals surface area contributed by atoms with Crippen LogP contribution >= 0.6 is 22.9 Å². The molecule has 0 bridgehead atoms. The predicted octanol–water partition coefficient (Wildman–Crippen LogP) is 3.02. The van der Waals surface area contributed by atoms with E-state index in [0.29, 0.717) is 41.0 Å². The third kappa shape index (κ3) is 4.36. The lowest BCUT2D eigenvalue weighted by Gasteiger charge is -2.44. The molecule has 29 heavy (non-hydrogen) atoms. The van der Waals surface area contributed by atoms with Gasteiger partial charge in [0.1, 0.15) is 10.0 Å². The van der Waals surface area contributed by atoms with Gasteiger partial charge < -0.3 is 10.6 Å². The number of hydrogen-bond acceptors (Lipinski definition) is 6. The Bertz CT molecular complexity index is 994. The summed E-state index contributed by atoms with van der Waals surface area (Å²) in [6, 6.07) is 11.7. The number of rotatable bonds is 4. The summed E-state index contributed by atoms with van der Waals surface area (Å²) in [5.41, 5.74) is 2.15. The fraction of sp³-hybridized carbons (Fsp3) is 0.450. The van der Waals surface area contributed by atoms with Gasteiger partial charge in [0, 0.05) is 26.2 Å². The Kier molecular flexibility index (Phi) is 5.99. The maximum atomic E-state index is 12.9. The van der Waals surface area contributed by atoms with Crippen LogP contribution in [0.1, 0.15) is 24.0 Å². The van der Waals surface area contributed by atoms with E-state index in [9.17, 15) is 8.42 Å². The molecule has 1 spiro atoms. The van der Waals surface area contributed by atoms with Gasteiger partial charge in [-0.2, -0.15) is 4.31 Å². The zero-order chi connectivity index (χ0) is 20.5. The number of nitrogens with one attached hydrogen (secondary N) is 2. The van der Waals surface area contributed by atoms with Crippen LogP contribution in [0.2, 0.25) is 4.34 Å². The van der Waals surface area contributed by atoms with Gasteiger partial charge in [-0.1, -0.05) is 41.4 Å². The third-order valence-corrected chi connectivity index (χ3v) is 9.19. The molecule has 3 heterocycles. The van der Waals surface area contributed by atoms with Crippen molar-refractivity contribution in [1.82, 2.24) is 14.9 Å². The van der Waals surface area contributed by atoms with Crippen LogP contribution in [0.4, 0.5) is 0 Å². The summed E-state index contributed by atoms with van der Waals surface area (Å²) in [4.78, 5) is 4.75. The molecule has 0 amide bonds. The number of benzene rings is 1. The second kappa shape index (κ2) is 8.35. The molecular weight excluding hydrogens is 428 g/mol. The lowest BCUT2D eigenvalue weighted by molar-refractivity contribution is 0.241. The van der Waals surface area contributed by atoms with E-state index in [-0.39, 0.29) is 5.54 Å². The lowest BCUT2D eigenvalue weighted by Crippen LogP contribution is -2.64. The average Bonchev–Trinajstić information content (AvgIpc) is 3.16. The molecule has 0 aliphatic carbocycles. The molecule has 1 fully saturated rings. The smallest absolute Gasteiger partial charge is 0.252 e. The Balaban J connectivity index is 1.44. The lowest BCUT2D eigenvalue weighted by atomic mass is 9.85. The van der Waals surface area contributed by atoms with Crippen molar-refractivity contribution in [1.29, 1.82) is 0 Å². The second-order valence-corrected chi connectivity index (χ2v) is 11.4. The van der Waals surface area contributed by atoms with Crippen molar-refractivity contribution < 1.29 is 8.42 Å². The van der Waals surface area contributed by atoms with Crippen LogP contribution < -0.4 is 10.6 Å². The van der Waals surface area contributed by atoms with Gasteiger partial charge in [0.2, 0.25) is 0 Å². The Hall–Kier alpha value is -1.45. The molecule has 2 aliphatic heterocycles. The van der Waals surface area contributed by atoms with E-state index in [1.165, 1.54) is 11.1 Å². The van der Waals surface area contributed by atoms with Crippen molar-refractivity contribution in [3.63, 3.8) is 0 Å². The maximum absolute atomic E-state index is 12.9. The molecule has 4 rings (SSSR count). The highest BCUT2D eigenvalue weighted by molar-refractivity contribution is 7.91. The summed E-state index contributed by atoms with van der Waals surface area (Å²) in [6.45, 7) is 5.23. The van der Waals surface area contributed by atoms with Gasteiger partial charge in [0.15, 0.2) is 0 Å². The summed E-state index contributed by atoms with van der Waals surface area (Å²) in [5, 5.41) is 7.12. The molecule has 156 valence electrons. The number of nitrogens with zero attached hydrogens (tertiary/aromatic N) is 2. The van der Waals surface area contributed by atoms with Crippen LogP contribution in [0.25, 0.3) is 0 Å². The number of thiophene rings is 1. The Morgan fingerprint density at radius 1 is 1.21 bits per heavy atom. The molecule has 1 saturated heterocycles. The molecule has 2 aliphatic rings. The molecule has 0 radical (unpaired) electrons. The van der Waals surface area contributed by atoms with Crippen molar-refractivity contribution in [3.8, 4) is 0 Å². The fourth-order valence-electron chi connectivity index (χ4n) is 3.90. The van der Waals surface area contributed by atoms with Gasteiger partial charge in [0.25, 0.3) is 10.0 Å². The standard InChI is InChI=1S/C20H25ClN4O2S2/c1-15-2-4-16(5-3-15)14-23-19-20(24-11-10-22-19)8-12-25(13-9-20)29(26,27)18-7-6-17(21)28-18/h2-7,24H,8-14H2,1H3,(H,22,23). The van der Waals surface area contributed by atoms with Crippen LogP contribution in [0.5, 0.6) is 0 Å². The fourth-order valence-corrected chi connectivity index (χ4v) is 6.98. The second-order valence-electron chi connectivity index (χ2n) is 7.54. The number of piperidine rings is 1. The molecule has 0 unspecified atom stereocenters. The third-order valence-electron chi connectivity index (χ3n) is 5.60. The van der Waals surface area contributed by atoms with Crippen LogP contribution in [0, 0.1) is 6.92 Å². The zero-order valence-electron chi connectivity index (χ0n) is 16.3. The largest absolute Gasteiger partial charge is 0.368 e. The summed E-state index contributed by atoms with van der Waals surface area (Å²) in [5.74, 6) is 0.945. The Morgan fingerprint density at radius 3 is 2.59 bits per heavy atom. The highest BCUT2D eigenvalue weighted by Crippen LogP contribution is 2.32. The number of amidine groups is 1. The van der Waals surface area contributed by atoms with E-state index in [1.54, 1.807) is 16.4 Å². The molecule has 0 saturated carbocycles. The zero-order valence-corrected chi connectivity index (χ0v) is 18.7. The summed E-state index contributed by atoms with van der Waals surface area (Å²) >= 11 is 7.04. The van der Waals surface area contributed by atoms with E-state index in [1.807, 2.05) is 0 Å². The molecular formula is C20H25ClN4O2S2. The molecule has 1 aromatic carbocycles.